The van der Waals surface area contributed by atoms with Gasteiger partial charge in [0.15, 0.2) is 0 Å². The maximum absolute atomic E-state index is 6.45. The molecule has 0 aromatic heterocycles. The summed E-state index contributed by atoms with van der Waals surface area (Å²) in [4.78, 5) is 5.27. The first-order valence-corrected chi connectivity index (χ1v) is 14.6. The largest absolute Gasteiger partial charge is 0.380 e. The zero-order valence-electron chi connectivity index (χ0n) is 26.2. The molecule has 0 unspecified atom stereocenters. The van der Waals surface area contributed by atoms with Gasteiger partial charge >= 0.3 is 0 Å². The molecule has 0 saturated carbocycles. The molecule has 1 saturated heterocycles. The van der Waals surface area contributed by atoms with Crippen LogP contribution in [0.4, 0.5) is 0 Å². The number of piperazine rings is 1. The van der Waals surface area contributed by atoms with Gasteiger partial charge in [0.1, 0.15) is 0 Å². The second-order valence-corrected chi connectivity index (χ2v) is 14.8. The summed E-state index contributed by atoms with van der Waals surface area (Å²) in [6.07, 6.45) is 3.55. The molecule has 216 valence electrons. The van der Waals surface area contributed by atoms with Crippen LogP contribution in [0.25, 0.3) is 0 Å². The van der Waals surface area contributed by atoms with E-state index in [-0.39, 0.29) is 28.0 Å². The molecule has 0 bridgehead atoms. The van der Waals surface area contributed by atoms with Crippen LogP contribution in [0.3, 0.4) is 0 Å². The van der Waals surface area contributed by atoms with E-state index in [0.717, 1.165) is 52.3 Å². The highest BCUT2D eigenvalue weighted by Crippen LogP contribution is 2.35. The van der Waals surface area contributed by atoms with Gasteiger partial charge in [0.25, 0.3) is 0 Å². The van der Waals surface area contributed by atoms with Gasteiger partial charge in [-0.25, -0.2) is 0 Å². The van der Waals surface area contributed by atoms with E-state index >= 15 is 0 Å². The van der Waals surface area contributed by atoms with Gasteiger partial charge in [0, 0.05) is 70.1 Å². The Balaban J connectivity index is 2.30. The van der Waals surface area contributed by atoms with Crippen molar-refractivity contribution >= 4 is 0 Å². The summed E-state index contributed by atoms with van der Waals surface area (Å²) < 4.78 is 12.2. The van der Waals surface area contributed by atoms with Crippen molar-refractivity contribution in [1.82, 2.24) is 20.4 Å². The van der Waals surface area contributed by atoms with Crippen LogP contribution in [-0.4, -0.2) is 99.2 Å². The van der Waals surface area contributed by atoms with E-state index < -0.39 is 0 Å². The molecule has 0 aromatic carbocycles. The van der Waals surface area contributed by atoms with Gasteiger partial charge in [-0.2, -0.15) is 0 Å². The van der Waals surface area contributed by atoms with Crippen molar-refractivity contribution in [2.24, 2.45) is 10.8 Å². The van der Waals surface area contributed by atoms with E-state index in [0.29, 0.717) is 0 Å². The fourth-order valence-corrected chi connectivity index (χ4v) is 4.49. The monoisotopic (exact) mass is 513 g/mol. The molecule has 1 rings (SSSR count). The molecule has 0 amide bonds. The Labute approximate surface area is 225 Å². The molecule has 2 N–H and O–H groups in total. The maximum atomic E-state index is 6.45. The Bertz CT molecular complexity index is 567. The van der Waals surface area contributed by atoms with E-state index in [4.69, 9.17) is 9.47 Å². The van der Waals surface area contributed by atoms with Gasteiger partial charge in [0.05, 0.1) is 12.7 Å². The first-order chi connectivity index (χ1) is 16.5. The van der Waals surface area contributed by atoms with Gasteiger partial charge in [-0.15, -0.1) is 0 Å². The van der Waals surface area contributed by atoms with Gasteiger partial charge < -0.3 is 25.0 Å². The summed E-state index contributed by atoms with van der Waals surface area (Å²) in [6.45, 7) is 36.4. The lowest BCUT2D eigenvalue weighted by Gasteiger charge is -2.39. The Hall–Kier alpha value is -0.240. The normalized spacial score (nSPS) is 18.1. The summed E-state index contributed by atoms with van der Waals surface area (Å²) in [7, 11) is 0. The smallest absolute Gasteiger partial charge is 0.0628 e. The van der Waals surface area contributed by atoms with E-state index in [1.54, 1.807) is 0 Å². The average molecular weight is 513 g/mol. The van der Waals surface area contributed by atoms with E-state index in [1.165, 1.54) is 39.1 Å². The van der Waals surface area contributed by atoms with Gasteiger partial charge in [-0.05, 0) is 78.2 Å². The van der Waals surface area contributed by atoms with Crippen LogP contribution in [-0.2, 0) is 9.47 Å². The summed E-state index contributed by atoms with van der Waals surface area (Å²) in [5.41, 5.74) is 0.763. The molecule has 36 heavy (non-hydrogen) atoms. The lowest BCUT2D eigenvalue weighted by Crippen LogP contribution is -2.50. The van der Waals surface area contributed by atoms with Crippen LogP contribution in [0.2, 0.25) is 0 Å². The van der Waals surface area contributed by atoms with Crippen molar-refractivity contribution < 1.29 is 9.47 Å². The standard InChI is InChI=1S/C30H64N4O2/c1-27(2,3)26(36-23-12-22-35-24-15-32-29(7,8)9)25-30(10,11)13-16-33-18-20-34(21-19-33)17-14-31-28(4,5)6/h26,31-32H,12-25H2,1-11H3/t26-/m1/s1. The number of hydrogen-bond acceptors (Lipinski definition) is 6. The van der Waals surface area contributed by atoms with Crippen molar-refractivity contribution in [2.45, 2.75) is 113 Å². The SMILES string of the molecule is CC(C)(CCN1CCN(CCNC(C)(C)C)CC1)C[C@@H](OCCCOCCNC(C)(C)C)C(C)(C)C. The number of nitrogens with zero attached hydrogens (tertiary/aromatic N) is 2. The van der Waals surface area contributed by atoms with Gasteiger partial charge in [-0.1, -0.05) is 34.6 Å². The summed E-state index contributed by atoms with van der Waals surface area (Å²) in [5.74, 6) is 0. The number of nitrogens with one attached hydrogen (secondary N) is 2. The van der Waals surface area contributed by atoms with Crippen LogP contribution in [0.5, 0.6) is 0 Å². The predicted molar refractivity (Wildman–Crippen MR) is 156 cm³/mol. The molecule has 0 spiro atoms. The van der Waals surface area contributed by atoms with E-state index in [9.17, 15) is 0 Å². The van der Waals surface area contributed by atoms with Gasteiger partial charge in [0.2, 0.25) is 0 Å². The molecule has 1 aliphatic rings. The Kier molecular flexibility index (Phi) is 14.4. The third-order valence-corrected chi connectivity index (χ3v) is 7.01. The molecule has 1 fully saturated rings. The molecule has 0 aliphatic carbocycles. The van der Waals surface area contributed by atoms with Crippen molar-refractivity contribution in [3.8, 4) is 0 Å². The highest BCUT2D eigenvalue weighted by molar-refractivity contribution is 4.84. The van der Waals surface area contributed by atoms with Gasteiger partial charge in [-0.3, -0.25) is 4.90 Å². The molecule has 0 radical (unpaired) electrons. The van der Waals surface area contributed by atoms with E-state index in [1.807, 2.05) is 0 Å². The molecule has 1 atom stereocenters. The Morgan fingerprint density at radius 2 is 1.19 bits per heavy atom. The van der Waals surface area contributed by atoms with Crippen LogP contribution >= 0.6 is 0 Å². The molecular formula is C30H64N4O2. The molecule has 6 heteroatoms. The highest BCUT2D eigenvalue weighted by atomic mass is 16.5. The van der Waals surface area contributed by atoms with Crippen LogP contribution < -0.4 is 10.6 Å². The van der Waals surface area contributed by atoms with E-state index in [2.05, 4.69) is 96.6 Å². The average Bonchev–Trinajstić information content (AvgIpc) is 2.72. The first kappa shape index (κ1) is 33.8. The summed E-state index contributed by atoms with van der Waals surface area (Å²) >= 11 is 0. The number of ether oxygens (including phenoxy) is 2. The maximum Gasteiger partial charge on any atom is 0.0628 e. The zero-order valence-corrected chi connectivity index (χ0v) is 26.2. The third-order valence-electron chi connectivity index (χ3n) is 7.01. The van der Waals surface area contributed by atoms with Crippen molar-refractivity contribution in [3.05, 3.63) is 0 Å². The minimum absolute atomic E-state index is 0.140. The molecular weight excluding hydrogens is 448 g/mol. The molecule has 6 nitrogen and oxygen atoms in total. The van der Waals surface area contributed by atoms with Crippen molar-refractivity contribution in [3.63, 3.8) is 0 Å². The zero-order chi connectivity index (χ0) is 27.5. The quantitative estimate of drug-likeness (QED) is 0.283. The predicted octanol–water partition coefficient (Wildman–Crippen LogP) is 5.02. The molecule has 0 aromatic rings. The minimum atomic E-state index is 0.140. The molecule has 1 aliphatic heterocycles. The summed E-state index contributed by atoms with van der Waals surface area (Å²) in [6, 6.07) is 0. The van der Waals surface area contributed by atoms with Crippen LogP contribution in [0, 0.1) is 10.8 Å². The lowest BCUT2D eigenvalue weighted by molar-refractivity contribution is -0.0510. The van der Waals surface area contributed by atoms with Crippen molar-refractivity contribution in [1.29, 1.82) is 0 Å². The number of rotatable bonds is 16. The second kappa shape index (κ2) is 15.4. The second-order valence-electron chi connectivity index (χ2n) is 14.8. The van der Waals surface area contributed by atoms with Crippen LogP contribution in [0.1, 0.15) is 95.4 Å². The fourth-order valence-electron chi connectivity index (χ4n) is 4.49. The highest BCUT2D eigenvalue weighted by Gasteiger charge is 2.32. The topological polar surface area (TPSA) is 49.0 Å². The number of hydrogen-bond donors (Lipinski definition) is 2. The van der Waals surface area contributed by atoms with Crippen molar-refractivity contribution in [2.75, 3.05) is 72.2 Å². The third kappa shape index (κ3) is 17.3. The summed E-state index contributed by atoms with van der Waals surface area (Å²) in [5, 5.41) is 7.08. The lowest BCUT2D eigenvalue weighted by atomic mass is 9.76. The Morgan fingerprint density at radius 1 is 0.667 bits per heavy atom. The van der Waals surface area contributed by atoms with Crippen LogP contribution in [0.15, 0.2) is 0 Å². The minimum Gasteiger partial charge on any atom is -0.380 e. The molecule has 1 heterocycles. The fraction of sp³-hybridized carbons (Fsp3) is 1.00. The first-order valence-electron chi connectivity index (χ1n) is 14.6. The Morgan fingerprint density at radius 3 is 1.72 bits per heavy atom.